The third-order valence-electron chi connectivity index (χ3n) is 8.54. The molecule has 0 fully saturated rings. The summed E-state index contributed by atoms with van der Waals surface area (Å²) in [4.78, 5) is 64.1. The highest BCUT2D eigenvalue weighted by molar-refractivity contribution is 7.09. The van der Waals surface area contributed by atoms with Gasteiger partial charge in [0.15, 0.2) is 0 Å². The van der Waals surface area contributed by atoms with Crippen LogP contribution in [-0.4, -0.2) is 76.3 Å². The van der Waals surface area contributed by atoms with Gasteiger partial charge in [-0.15, -0.1) is 22.7 Å². The normalized spacial score (nSPS) is 12.9. The van der Waals surface area contributed by atoms with E-state index in [9.17, 15) is 19.2 Å². The molecule has 2 aromatic heterocycles. The van der Waals surface area contributed by atoms with Crippen LogP contribution >= 0.6 is 22.7 Å². The van der Waals surface area contributed by atoms with Crippen LogP contribution in [-0.2, 0) is 40.3 Å². The van der Waals surface area contributed by atoms with Gasteiger partial charge in [-0.25, -0.2) is 19.4 Å². The average molecular weight is 806 g/mol. The van der Waals surface area contributed by atoms with Crippen LogP contribution in [0, 0.1) is 0 Å². The van der Waals surface area contributed by atoms with Crippen molar-refractivity contribution in [1.29, 1.82) is 0 Å². The molecule has 0 radical (unpaired) electrons. The van der Waals surface area contributed by atoms with Gasteiger partial charge in [0.25, 0.3) is 0 Å². The fourth-order valence-electron chi connectivity index (χ4n) is 5.75. The van der Waals surface area contributed by atoms with Crippen LogP contribution in [0.1, 0.15) is 86.5 Å². The Hall–Kier alpha value is -5.02. The largest absolute Gasteiger partial charge is 0.444 e. The van der Waals surface area contributed by atoms with Crippen molar-refractivity contribution in [2.45, 2.75) is 110 Å². The number of urea groups is 1. The Morgan fingerprint density at radius 3 is 2.00 bits per heavy atom. The van der Waals surface area contributed by atoms with Crippen molar-refractivity contribution in [3.05, 3.63) is 104 Å². The Kier molecular flexibility index (Phi) is 17.1. The number of carbonyl (C=O) groups excluding carboxylic acids is 4. The van der Waals surface area contributed by atoms with E-state index in [2.05, 4.69) is 45.1 Å². The summed E-state index contributed by atoms with van der Waals surface area (Å²) < 4.78 is 10.9. The van der Waals surface area contributed by atoms with Crippen molar-refractivity contribution in [1.82, 2.24) is 36.1 Å². The number of nitrogens with one attached hydrogen (secondary N) is 4. The molecule has 4 N–H and O–H groups in total. The summed E-state index contributed by atoms with van der Waals surface area (Å²) in [6.45, 7) is 9.90. The third-order valence-corrected chi connectivity index (χ3v) is 10.5. The number of amides is 5. The first-order chi connectivity index (χ1) is 26.7. The number of aromatic nitrogens is 2. The second-order valence-corrected chi connectivity index (χ2v) is 16.8. The zero-order valence-electron chi connectivity index (χ0n) is 33.1. The lowest BCUT2D eigenvalue weighted by molar-refractivity contribution is -0.123. The van der Waals surface area contributed by atoms with E-state index in [1.54, 1.807) is 50.9 Å². The van der Waals surface area contributed by atoms with Crippen molar-refractivity contribution < 1.29 is 28.7 Å². The van der Waals surface area contributed by atoms with Gasteiger partial charge in [0.2, 0.25) is 5.91 Å². The Bertz CT molecular complexity index is 1800. The Labute approximate surface area is 338 Å². The minimum atomic E-state index is -0.986. The standard InChI is InChI=1S/C41H55N7O6S2/c1-28(2)37-45-33(26-55-37)24-48(6)38(50)47-35(19-20-43-39(51)54-41(3,4)5)36(49)44-31(21-29-13-9-7-10-14-29)17-18-32(22-30-15-11-8-12-16-30)46-40(52)53-25-34-23-42-27-56-34/h7-16,23,26-28,31-32,35H,17-22,24-25H2,1-6H3,(H,43,51)(H,44,49)(H,46,52)(H,47,50). The number of ether oxygens (including phenoxy) is 2. The molecule has 302 valence electrons. The van der Waals surface area contributed by atoms with Crippen molar-refractivity contribution >= 4 is 46.8 Å². The molecular weight excluding hydrogens is 751 g/mol. The zero-order chi connectivity index (χ0) is 40.5. The SMILES string of the molecule is CC(C)c1nc(CN(C)C(=O)NC(CCNC(=O)OC(C)(C)C)C(=O)NC(CCC(Cc2ccccc2)NC(=O)OCc2cncs2)Cc2ccccc2)cs1. The molecule has 0 aliphatic carbocycles. The van der Waals surface area contributed by atoms with Crippen LogP contribution in [0.3, 0.4) is 0 Å². The highest BCUT2D eigenvalue weighted by Gasteiger charge is 2.27. The van der Waals surface area contributed by atoms with E-state index in [1.807, 2.05) is 66.0 Å². The number of rotatable bonds is 19. The summed E-state index contributed by atoms with van der Waals surface area (Å²) in [7, 11) is 1.65. The van der Waals surface area contributed by atoms with Crippen LogP contribution < -0.4 is 21.3 Å². The third kappa shape index (κ3) is 16.0. The van der Waals surface area contributed by atoms with Gasteiger partial charge in [-0.1, -0.05) is 74.5 Å². The Balaban J connectivity index is 1.49. The maximum atomic E-state index is 14.2. The lowest BCUT2D eigenvalue weighted by Gasteiger charge is -2.27. The molecule has 0 aliphatic rings. The quantitative estimate of drug-likeness (QED) is 0.0774. The molecule has 2 aromatic carbocycles. The summed E-state index contributed by atoms with van der Waals surface area (Å²) in [6, 6.07) is 17.6. The summed E-state index contributed by atoms with van der Waals surface area (Å²) in [5, 5.41) is 14.7. The Morgan fingerprint density at radius 2 is 1.45 bits per heavy atom. The first-order valence-electron chi connectivity index (χ1n) is 18.9. The van der Waals surface area contributed by atoms with Gasteiger partial charge >= 0.3 is 18.2 Å². The number of carbonyl (C=O) groups is 4. The van der Waals surface area contributed by atoms with Gasteiger partial charge in [0, 0.05) is 43.2 Å². The fraction of sp³-hybridized carbons (Fsp3) is 0.463. The molecule has 3 unspecified atom stereocenters. The van der Waals surface area contributed by atoms with Gasteiger partial charge in [-0.3, -0.25) is 9.78 Å². The van der Waals surface area contributed by atoms with E-state index in [-0.39, 0.29) is 44.1 Å². The predicted molar refractivity (Wildman–Crippen MR) is 220 cm³/mol. The first kappa shape index (κ1) is 43.7. The fourth-order valence-corrected chi connectivity index (χ4v) is 7.08. The highest BCUT2D eigenvalue weighted by atomic mass is 32.1. The smallest absolute Gasteiger partial charge is 0.407 e. The average Bonchev–Trinajstić information content (AvgIpc) is 3.85. The van der Waals surface area contributed by atoms with E-state index in [0.717, 1.165) is 26.7 Å². The lowest BCUT2D eigenvalue weighted by atomic mass is 9.95. The number of thiazole rings is 2. The molecular formula is C41H55N7O6S2. The molecule has 2 heterocycles. The van der Waals surface area contributed by atoms with Gasteiger partial charge in [0.05, 0.1) is 27.6 Å². The van der Waals surface area contributed by atoms with E-state index < -0.39 is 35.8 Å². The van der Waals surface area contributed by atoms with Crippen LogP contribution in [0.25, 0.3) is 0 Å². The van der Waals surface area contributed by atoms with E-state index in [1.165, 1.54) is 16.2 Å². The second kappa shape index (κ2) is 21.9. The molecule has 4 aromatic rings. The molecule has 13 nitrogen and oxygen atoms in total. The predicted octanol–water partition coefficient (Wildman–Crippen LogP) is 7.19. The molecule has 0 saturated carbocycles. The van der Waals surface area contributed by atoms with E-state index in [0.29, 0.717) is 25.7 Å². The zero-order valence-corrected chi connectivity index (χ0v) is 34.7. The van der Waals surface area contributed by atoms with Crippen LogP contribution in [0.2, 0.25) is 0 Å². The van der Waals surface area contributed by atoms with Crippen molar-refractivity contribution in [2.75, 3.05) is 13.6 Å². The molecule has 3 atom stereocenters. The number of hydrogen-bond donors (Lipinski definition) is 4. The first-order valence-corrected chi connectivity index (χ1v) is 20.6. The van der Waals surface area contributed by atoms with Gasteiger partial charge < -0.3 is 35.6 Å². The van der Waals surface area contributed by atoms with Crippen LogP contribution in [0.15, 0.2) is 77.8 Å². The number of alkyl carbamates (subject to hydrolysis) is 2. The molecule has 0 saturated heterocycles. The van der Waals surface area contributed by atoms with Gasteiger partial charge in [-0.05, 0) is 64.0 Å². The van der Waals surface area contributed by atoms with Gasteiger partial charge in [0.1, 0.15) is 18.2 Å². The molecule has 0 aliphatic heterocycles. The highest BCUT2D eigenvalue weighted by Crippen LogP contribution is 2.20. The number of nitrogens with zero attached hydrogens (tertiary/aromatic N) is 3. The molecule has 56 heavy (non-hydrogen) atoms. The van der Waals surface area contributed by atoms with Crippen molar-refractivity contribution in [2.24, 2.45) is 0 Å². The second-order valence-electron chi connectivity index (χ2n) is 15.0. The Morgan fingerprint density at radius 1 is 0.821 bits per heavy atom. The van der Waals surface area contributed by atoms with E-state index in [4.69, 9.17) is 9.47 Å². The molecule has 5 amide bonds. The maximum Gasteiger partial charge on any atom is 0.407 e. The molecule has 0 bridgehead atoms. The van der Waals surface area contributed by atoms with Gasteiger partial charge in [-0.2, -0.15) is 0 Å². The topological polar surface area (TPSA) is 164 Å². The summed E-state index contributed by atoms with van der Waals surface area (Å²) >= 11 is 2.96. The van der Waals surface area contributed by atoms with Crippen molar-refractivity contribution in [3.63, 3.8) is 0 Å². The number of benzene rings is 2. The monoisotopic (exact) mass is 805 g/mol. The minimum absolute atomic E-state index is 0.0803. The number of hydrogen-bond acceptors (Lipinski definition) is 10. The summed E-state index contributed by atoms with van der Waals surface area (Å²) in [5.74, 6) is -0.124. The van der Waals surface area contributed by atoms with Crippen molar-refractivity contribution in [3.8, 4) is 0 Å². The molecule has 0 spiro atoms. The summed E-state index contributed by atoms with van der Waals surface area (Å²) in [6.07, 6.45) is 2.72. The van der Waals surface area contributed by atoms with Crippen LogP contribution in [0.4, 0.5) is 14.4 Å². The minimum Gasteiger partial charge on any atom is -0.444 e. The lowest BCUT2D eigenvalue weighted by Crippen LogP contribution is -2.53. The molecule has 15 heteroatoms. The summed E-state index contributed by atoms with van der Waals surface area (Å²) in [5.41, 5.74) is 3.82. The molecule has 4 rings (SSSR count). The maximum absolute atomic E-state index is 14.2. The van der Waals surface area contributed by atoms with Crippen LogP contribution in [0.5, 0.6) is 0 Å². The van der Waals surface area contributed by atoms with E-state index >= 15 is 0 Å².